The molecule has 5 nitrogen and oxygen atoms in total. The zero-order valence-electron chi connectivity index (χ0n) is 10.8. The number of ether oxygens (including phenoxy) is 1. The minimum absolute atomic E-state index is 0.0907. The second-order valence-electron chi connectivity index (χ2n) is 4.64. The lowest BCUT2D eigenvalue weighted by atomic mass is 10.1. The molecule has 4 N–H and O–H groups in total. The van der Waals surface area contributed by atoms with Gasteiger partial charge in [-0.05, 0) is 31.0 Å². The molecule has 1 saturated heterocycles. The van der Waals surface area contributed by atoms with E-state index in [9.17, 15) is 4.39 Å². The van der Waals surface area contributed by atoms with E-state index in [0.29, 0.717) is 12.1 Å². The van der Waals surface area contributed by atoms with E-state index in [1.807, 2.05) is 6.92 Å². The van der Waals surface area contributed by atoms with Crippen LogP contribution in [0.25, 0.3) is 0 Å². The van der Waals surface area contributed by atoms with Crippen molar-refractivity contribution in [1.82, 2.24) is 5.32 Å². The van der Waals surface area contributed by atoms with E-state index in [2.05, 4.69) is 10.5 Å². The lowest BCUT2D eigenvalue weighted by Gasteiger charge is -2.17. The first-order chi connectivity index (χ1) is 9.11. The van der Waals surface area contributed by atoms with Crippen LogP contribution in [0.15, 0.2) is 23.4 Å². The van der Waals surface area contributed by atoms with E-state index in [1.54, 1.807) is 6.07 Å². The largest absolute Gasteiger partial charge is 0.409 e. The standard InChI is InChI=1S/C13H18FN3O2/c1-8-12(4-5-19-8)16-7-9-2-3-10(14)6-11(9)13(15)17-18/h2-3,6,8,12,16,18H,4-5,7H2,1H3,(H2,15,17). The molecule has 2 unspecified atom stereocenters. The Morgan fingerprint density at radius 2 is 2.42 bits per heavy atom. The fourth-order valence-corrected chi connectivity index (χ4v) is 2.24. The number of halogens is 1. The highest BCUT2D eigenvalue weighted by Crippen LogP contribution is 2.15. The molecular weight excluding hydrogens is 249 g/mol. The lowest BCUT2D eigenvalue weighted by Crippen LogP contribution is -2.34. The van der Waals surface area contributed by atoms with Crippen LogP contribution in [0, 0.1) is 5.82 Å². The summed E-state index contributed by atoms with van der Waals surface area (Å²) in [5.41, 5.74) is 6.75. The van der Waals surface area contributed by atoms with Crippen molar-refractivity contribution >= 4 is 5.84 Å². The Hall–Kier alpha value is -1.66. The summed E-state index contributed by atoms with van der Waals surface area (Å²) in [5.74, 6) is -0.505. The Morgan fingerprint density at radius 3 is 3.05 bits per heavy atom. The molecule has 1 aliphatic heterocycles. The van der Waals surface area contributed by atoms with Crippen LogP contribution in [0.1, 0.15) is 24.5 Å². The molecule has 0 bridgehead atoms. The first kappa shape index (κ1) is 13.8. The van der Waals surface area contributed by atoms with Crippen LogP contribution in [-0.4, -0.2) is 29.8 Å². The first-order valence-corrected chi connectivity index (χ1v) is 6.23. The van der Waals surface area contributed by atoms with Gasteiger partial charge < -0.3 is 21.0 Å². The maximum Gasteiger partial charge on any atom is 0.170 e. The third-order valence-corrected chi connectivity index (χ3v) is 3.39. The summed E-state index contributed by atoms with van der Waals surface area (Å²) in [6, 6.07) is 4.53. The zero-order chi connectivity index (χ0) is 13.8. The summed E-state index contributed by atoms with van der Waals surface area (Å²) in [5, 5.41) is 15.0. The number of nitrogens with two attached hydrogens (primary N) is 1. The average Bonchev–Trinajstić information content (AvgIpc) is 2.82. The van der Waals surface area contributed by atoms with E-state index >= 15 is 0 Å². The van der Waals surface area contributed by atoms with Gasteiger partial charge in [-0.15, -0.1) is 0 Å². The van der Waals surface area contributed by atoms with E-state index in [-0.39, 0.29) is 18.0 Å². The molecule has 0 aromatic heterocycles. The highest BCUT2D eigenvalue weighted by molar-refractivity contribution is 5.98. The van der Waals surface area contributed by atoms with Gasteiger partial charge in [0.05, 0.1) is 6.10 Å². The molecule has 0 aliphatic carbocycles. The number of benzene rings is 1. The minimum Gasteiger partial charge on any atom is -0.409 e. The molecule has 2 rings (SSSR count). The van der Waals surface area contributed by atoms with Crippen LogP contribution < -0.4 is 11.1 Å². The second-order valence-corrected chi connectivity index (χ2v) is 4.64. The number of amidine groups is 1. The highest BCUT2D eigenvalue weighted by Gasteiger charge is 2.23. The third kappa shape index (κ3) is 3.21. The molecule has 0 spiro atoms. The van der Waals surface area contributed by atoms with Gasteiger partial charge in [0.1, 0.15) is 5.82 Å². The van der Waals surface area contributed by atoms with Crippen LogP contribution in [0.3, 0.4) is 0 Å². The van der Waals surface area contributed by atoms with Gasteiger partial charge in [0.2, 0.25) is 0 Å². The Balaban J connectivity index is 2.11. The molecule has 1 heterocycles. The summed E-state index contributed by atoms with van der Waals surface area (Å²) in [4.78, 5) is 0. The zero-order valence-corrected chi connectivity index (χ0v) is 10.8. The SMILES string of the molecule is CC1OCCC1NCc1ccc(F)cc1/C(N)=N/O. The topological polar surface area (TPSA) is 79.9 Å². The predicted molar refractivity (Wildman–Crippen MR) is 69.6 cm³/mol. The van der Waals surface area contributed by atoms with E-state index in [1.165, 1.54) is 12.1 Å². The predicted octanol–water partition coefficient (Wildman–Crippen LogP) is 1.19. The van der Waals surface area contributed by atoms with Crippen molar-refractivity contribution in [3.8, 4) is 0 Å². The normalized spacial score (nSPS) is 23.8. The summed E-state index contributed by atoms with van der Waals surface area (Å²) in [6.07, 6.45) is 1.11. The van der Waals surface area contributed by atoms with Gasteiger partial charge in [-0.25, -0.2) is 4.39 Å². The van der Waals surface area contributed by atoms with E-state index in [4.69, 9.17) is 15.7 Å². The minimum atomic E-state index is -0.414. The molecule has 2 atom stereocenters. The second kappa shape index (κ2) is 5.99. The molecule has 6 heteroatoms. The van der Waals surface area contributed by atoms with Crippen molar-refractivity contribution in [3.05, 3.63) is 35.1 Å². The summed E-state index contributed by atoms with van der Waals surface area (Å²) in [6.45, 7) is 3.28. The van der Waals surface area contributed by atoms with E-state index < -0.39 is 5.82 Å². The third-order valence-electron chi connectivity index (χ3n) is 3.39. The van der Waals surface area contributed by atoms with Crippen LogP contribution >= 0.6 is 0 Å². The van der Waals surface area contributed by atoms with Crippen molar-refractivity contribution in [2.45, 2.75) is 32.0 Å². The summed E-state index contributed by atoms with van der Waals surface area (Å²) >= 11 is 0. The number of oxime groups is 1. The van der Waals surface area contributed by atoms with Gasteiger partial charge in [0, 0.05) is 24.8 Å². The molecule has 104 valence electrons. The number of rotatable bonds is 4. The van der Waals surface area contributed by atoms with Gasteiger partial charge in [0.15, 0.2) is 5.84 Å². The van der Waals surface area contributed by atoms with Crippen LogP contribution in [0.4, 0.5) is 4.39 Å². The number of nitrogens with one attached hydrogen (secondary N) is 1. The van der Waals surface area contributed by atoms with Gasteiger partial charge in [-0.2, -0.15) is 0 Å². The Labute approximate surface area is 111 Å². The number of hydrogen-bond acceptors (Lipinski definition) is 4. The van der Waals surface area contributed by atoms with Gasteiger partial charge in [-0.1, -0.05) is 11.2 Å². The summed E-state index contributed by atoms with van der Waals surface area (Å²) in [7, 11) is 0. The van der Waals surface area contributed by atoms with Crippen LogP contribution in [0.2, 0.25) is 0 Å². The number of hydrogen-bond donors (Lipinski definition) is 3. The Kier molecular flexibility index (Phi) is 4.34. The molecule has 0 amide bonds. The maximum atomic E-state index is 13.2. The molecule has 19 heavy (non-hydrogen) atoms. The van der Waals surface area contributed by atoms with Gasteiger partial charge in [0.25, 0.3) is 0 Å². The average molecular weight is 267 g/mol. The molecule has 0 saturated carbocycles. The fourth-order valence-electron chi connectivity index (χ4n) is 2.24. The Bertz CT molecular complexity index is 479. The van der Waals surface area contributed by atoms with Crippen LogP contribution in [-0.2, 0) is 11.3 Å². The molecule has 1 fully saturated rings. The van der Waals surface area contributed by atoms with Crippen molar-refractivity contribution in [3.63, 3.8) is 0 Å². The lowest BCUT2D eigenvalue weighted by molar-refractivity contribution is 0.113. The van der Waals surface area contributed by atoms with Crippen molar-refractivity contribution in [2.75, 3.05) is 6.61 Å². The fraction of sp³-hybridized carbons (Fsp3) is 0.462. The molecule has 1 aromatic carbocycles. The van der Waals surface area contributed by atoms with Gasteiger partial charge >= 0.3 is 0 Å². The van der Waals surface area contributed by atoms with E-state index in [0.717, 1.165) is 18.6 Å². The van der Waals surface area contributed by atoms with Crippen molar-refractivity contribution < 1.29 is 14.3 Å². The first-order valence-electron chi connectivity index (χ1n) is 6.23. The van der Waals surface area contributed by atoms with Crippen molar-refractivity contribution in [2.24, 2.45) is 10.9 Å². The number of nitrogens with zero attached hydrogens (tertiary/aromatic N) is 1. The quantitative estimate of drug-likeness (QED) is 0.331. The Morgan fingerprint density at radius 1 is 1.63 bits per heavy atom. The maximum absolute atomic E-state index is 13.2. The summed E-state index contributed by atoms with van der Waals surface area (Å²) < 4.78 is 18.7. The molecule has 1 aromatic rings. The van der Waals surface area contributed by atoms with Crippen LogP contribution in [0.5, 0.6) is 0 Å². The monoisotopic (exact) mass is 267 g/mol. The molecular formula is C13H18FN3O2. The smallest absolute Gasteiger partial charge is 0.170 e. The molecule has 1 aliphatic rings. The van der Waals surface area contributed by atoms with Gasteiger partial charge in [-0.3, -0.25) is 0 Å². The molecule has 0 radical (unpaired) electrons. The van der Waals surface area contributed by atoms with Crippen molar-refractivity contribution in [1.29, 1.82) is 0 Å². The highest BCUT2D eigenvalue weighted by atomic mass is 19.1.